The predicted molar refractivity (Wildman–Crippen MR) is 95.2 cm³/mol. The van der Waals surface area contributed by atoms with Gasteiger partial charge in [0.05, 0.1) is 0 Å². The van der Waals surface area contributed by atoms with Crippen LogP contribution in [-0.2, 0) is 0 Å². The van der Waals surface area contributed by atoms with Gasteiger partial charge in [0.15, 0.2) is 0 Å². The molecule has 2 aromatic rings. The normalized spacial score (nSPS) is 10.4. The van der Waals surface area contributed by atoms with E-state index in [1.54, 1.807) is 0 Å². The first-order chi connectivity index (χ1) is 10.8. The maximum absolute atomic E-state index is 8.95. The molecule has 0 spiro atoms. The highest BCUT2D eigenvalue weighted by Crippen LogP contribution is 2.23. The van der Waals surface area contributed by atoms with Gasteiger partial charge in [-0.2, -0.15) is 0 Å². The van der Waals surface area contributed by atoms with Gasteiger partial charge in [-0.1, -0.05) is 48.5 Å². The van der Waals surface area contributed by atoms with Crippen LogP contribution in [0.5, 0.6) is 0 Å². The monoisotopic (exact) mass is 295 g/mol. The molecule has 22 heavy (non-hydrogen) atoms. The topological polar surface area (TPSA) is 23.5 Å². The van der Waals surface area contributed by atoms with Crippen molar-refractivity contribution in [1.82, 2.24) is 0 Å². The zero-order valence-corrected chi connectivity index (χ0v) is 13.1. The number of hydrogen-bond donors (Lipinski definition) is 1. The van der Waals surface area contributed by atoms with Crippen molar-refractivity contribution >= 4 is 5.69 Å². The Morgan fingerprint density at radius 1 is 0.864 bits per heavy atom. The first-order valence-electron chi connectivity index (χ1n) is 7.97. The van der Waals surface area contributed by atoms with Crippen LogP contribution in [0.2, 0.25) is 0 Å². The van der Waals surface area contributed by atoms with Gasteiger partial charge in [-0.05, 0) is 42.5 Å². The molecular formula is C20H25NO. The van der Waals surface area contributed by atoms with Crippen molar-refractivity contribution in [2.45, 2.75) is 19.3 Å². The van der Waals surface area contributed by atoms with E-state index in [0.29, 0.717) is 0 Å². The van der Waals surface area contributed by atoms with Crippen LogP contribution < -0.4 is 4.90 Å². The van der Waals surface area contributed by atoms with Crippen LogP contribution in [0.25, 0.3) is 11.1 Å². The molecule has 0 aliphatic rings. The van der Waals surface area contributed by atoms with E-state index in [9.17, 15) is 0 Å². The van der Waals surface area contributed by atoms with Crippen LogP contribution >= 0.6 is 0 Å². The maximum atomic E-state index is 8.95. The Balaban J connectivity index is 2.08. The summed E-state index contributed by atoms with van der Waals surface area (Å²) in [5, 5.41) is 8.95. The lowest BCUT2D eigenvalue weighted by Gasteiger charge is -2.24. The summed E-state index contributed by atoms with van der Waals surface area (Å²) < 4.78 is 0. The number of benzene rings is 2. The molecular weight excluding hydrogens is 270 g/mol. The molecule has 116 valence electrons. The molecule has 0 bridgehead atoms. The van der Waals surface area contributed by atoms with Crippen LogP contribution in [0, 0.1) is 0 Å². The van der Waals surface area contributed by atoms with Gasteiger partial charge in [-0.3, -0.25) is 0 Å². The Kier molecular flexibility index (Phi) is 6.72. The molecule has 2 heteroatoms. The number of hydrogen-bond acceptors (Lipinski definition) is 2. The highest BCUT2D eigenvalue weighted by molar-refractivity contribution is 5.66. The quantitative estimate of drug-likeness (QED) is 0.543. The van der Waals surface area contributed by atoms with E-state index < -0.39 is 0 Å². The molecule has 0 saturated carbocycles. The van der Waals surface area contributed by atoms with Crippen molar-refractivity contribution < 1.29 is 5.11 Å². The molecule has 0 amide bonds. The van der Waals surface area contributed by atoms with Crippen LogP contribution in [0.3, 0.4) is 0 Å². The van der Waals surface area contributed by atoms with E-state index >= 15 is 0 Å². The molecule has 0 aliphatic carbocycles. The Labute approximate surface area is 133 Å². The smallest absolute Gasteiger partial charge is 0.0431 e. The summed E-state index contributed by atoms with van der Waals surface area (Å²) in [7, 11) is 0. The minimum absolute atomic E-state index is 0.266. The zero-order chi connectivity index (χ0) is 15.6. The zero-order valence-electron chi connectivity index (χ0n) is 13.1. The van der Waals surface area contributed by atoms with Crippen molar-refractivity contribution in [2.75, 3.05) is 24.6 Å². The Bertz CT molecular complexity index is 548. The molecule has 1 N–H and O–H groups in total. The van der Waals surface area contributed by atoms with Gasteiger partial charge in [-0.15, -0.1) is 6.58 Å². The number of nitrogens with zero attached hydrogens (tertiary/aromatic N) is 1. The van der Waals surface area contributed by atoms with Crippen LogP contribution in [0.4, 0.5) is 5.69 Å². The standard InChI is InChI=1S/C20H25NO/c1-2-3-15-21(16-7-8-17-22)20-13-11-19(12-14-20)18-9-5-4-6-10-18/h2,4-6,9-14,22H,1,3,7-8,15-17H2. The summed E-state index contributed by atoms with van der Waals surface area (Å²) in [4.78, 5) is 2.37. The first-order valence-corrected chi connectivity index (χ1v) is 7.97. The largest absolute Gasteiger partial charge is 0.396 e. The minimum atomic E-state index is 0.266. The molecule has 2 nitrogen and oxygen atoms in total. The number of rotatable bonds is 9. The fourth-order valence-corrected chi connectivity index (χ4v) is 2.53. The highest BCUT2D eigenvalue weighted by atomic mass is 16.2. The third-order valence-electron chi connectivity index (χ3n) is 3.78. The summed E-state index contributed by atoms with van der Waals surface area (Å²) in [6.45, 7) is 6.02. The van der Waals surface area contributed by atoms with Crippen LogP contribution in [0.1, 0.15) is 19.3 Å². The van der Waals surface area contributed by atoms with Crippen molar-refractivity contribution in [3.63, 3.8) is 0 Å². The predicted octanol–water partition coefficient (Wildman–Crippen LogP) is 4.51. The Morgan fingerprint density at radius 2 is 1.55 bits per heavy atom. The average Bonchev–Trinajstić information content (AvgIpc) is 2.59. The second-order valence-corrected chi connectivity index (χ2v) is 5.41. The van der Waals surface area contributed by atoms with E-state index in [-0.39, 0.29) is 6.61 Å². The fourth-order valence-electron chi connectivity index (χ4n) is 2.53. The van der Waals surface area contributed by atoms with Crippen LogP contribution in [0.15, 0.2) is 67.3 Å². The van der Waals surface area contributed by atoms with Gasteiger partial charge in [0.1, 0.15) is 0 Å². The maximum Gasteiger partial charge on any atom is 0.0431 e. The molecule has 2 rings (SSSR count). The Morgan fingerprint density at radius 3 is 2.18 bits per heavy atom. The molecule has 0 unspecified atom stereocenters. The molecule has 0 radical (unpaired) electrons. The molecule has 0 aliphatic heterocycles. The van der Waals surface area contributed by atoms with E-state index in [1.165, 1.54) is 16.8 Å². The lowest BCUT2D eigenvalue weighted by Crippen LogP contribution is -2.25. The van der Waals surface area contributed by atoms with Crippen LogP contribution in [-0.4, -0.2) is 24.8 Å². The van der Waals surface area contributed by atoms with Crippen molar-refractivity contribution in [3.05, 3.63) is 67.3 Å². The number of aliphatic hydroxyl groups excluding tert-OH is 1. The second-order valence-electron chi connectivity index (χ2n) is 5.41. The molecule has 0 saturated heterocycles. The SMILES string of the molecule is C=CCCN(CCCCO)c1ccc(-c2ccccc2)cc1. The van der Waals surface area contributed by atoms with E-state index in [2.05, 4.69) is 60.0 Å². The van der Waals surface area contributed by atoms with Gasteiger partial charge in [-0.25, -0.2) is 0 Å². The lowest BCUT2D eigenvalue weighted by molar-refractivity contribution is 0.285. The van der Waals surface area contributed by atoms with E-state index in [4.69, 9.17) is 5.11 Å². The second kappa shape index (κ2) is 9.06. The molecule has 0 atom stereocenters. The summed E-state index contributed by atoms with van der Waals surface area (Å²) in [6.07, 6.45) is 4.79. The fraction of sp³-hybridized carbons (Fsp3) is 0.300. The number of anilines is 1. The first kappa shape index (κ1) is 16.3. The lowest BCUT2D eigenvalue weighted by atomic mass is 10.1. The van der Waals surface area contributed by atoms with E-state index in [1.807, 2.05) is 12.1 Å². The van der Waals surface area contributed by atoms with Gasteiger partial charge < -0.3 is 10.0 Å². The highest BCUT2D eigenvalue weighted by Gasteiger charge is 2.06. The minimum Gasteiger partial charge on any atom is -0.396 e. The summed E-state index contributed by atoms with van der Waals surface area (Å²) in [6, 6.07) is 19.2. The van der Waals surface area contributed by atoms with Gasteiger partial charge >= 0.3 is 0 Å². The Hall–Kier alpha value is -2.06. The van der Waals surface area contributed by atoms with Crippen molar-refractivity contribution in [3.8, 4) is 11.1 Å². The summed E-state index contributed by atoms with van der Waals surface area (Å²) >= 11 is 0. The van der Waals surface area contributed by atoms with Crippen molar-refractivity contribution in [1.29, 1.82) is 0 Å². The average molecular weight is 295 g/mol. The summed E-state index contributed by atoms with van der Waals surface area (Å²) in [5.41, 5.74) is 3.72. The molecule has 0 aromatic heterocycles. The molecule has 0 heterocycles. The molecule has 0 fully saturated rings. The third-order valence-corrected chi connectivity index (χ3v) is 3.78. The van der Waals surface area contributed by atoms with Gasteiger partial charge in [0.2, 0.25) is 0 Å². The third kappa shape index (κ3) is 4.74. The summed E-state index contributed by atoms with van der Waals surface area (Å²) in [5.74, 6) is 0. The van der Waals surface area contributed by atoms with E-state index in [0.717, 1.165) is 32.4 Å². The van der Waals surface area contributed by atoms with Crippen molar-refractivity contribution in [2.24, 2.45) is 0 Å². The molecule has 2 aromatic carbocycles. The number of unbranched alkanes of at least 4 members (excludes halogenated alkanes) is 1. The van der Waals surface area contributed by atoms with Gasteiger partial charge in [0.25, 0.3) is 0 Å². The number of aliphatic hydroxyl groups is 1. The van der Waals surface area contributed by atoms with Gasteiger partial charge in [0, 0.05) is 25.4 Å².